The van der Waals surface area contributed by atoms with E-state index < -0.39 is 15.3 Å². The van der Waals surface area contributed by atoms with Crippen molar-refractivity contribution < 1.29 is 4.19 Å². The normalized spacial score (nSPS) is 27.0. The summed E-state index contributed by atoms with van der Waals surface area (Å²) < 4.78 is 10.4. The number of hydrogen-bond acceptors (Lipinski definition) is 4. The summed E-state index contributed by atoms with van der Waals surface area (Å²) >= 11 is 5.18. The monoisotopic (exact) mass is 424 g/mol. The van der Waals surface area contributed by atoms with E-state index in [1.54, 1.807) is 0 Å². The first-order chi connectivity index (χ1) is 10.9. The zero-order valence-electron chi connectivity index (χ0n) is 13.3. The Morgan fingerprint density at radius 2 is 1.13 bits per heavy atom. The van der Waals surface area contributed by atoms with Gasteiger partial charge in [0.2, 0.25) is 0 Å². The van der Waals surface area contributed by atoms with Gasteiger partial charge in [0.15, 0.2) is 0 Å². The second-order valence-corrected chi connectivity index (χ2v) is 12.1. The van der Waals surface area contributed by atoms with Crippen LogP contribution in [0.2, 0.25) is 0 Å². The number of rotatable bonds is 1. The summed E-state index contributed by atoms with van der Waals surface area (Å²) in [6.45, 7) is 8.98. The van der Waals surface area contributed by atoms with Crippen LogP contribution >= 0.6 is 34.0 Å². The average molecular weight is 423 g/mol. The zero-order valence-corrected chi connectivity index (χ0v) is 17.5. The van der Waals surface area contributed by atoms with Crippen LogP contribution in [0.15, 0.2) is 18.2 Å². The molecule has 3 aliphatic rings. The van der Waals surface area contributed by atoms with Crippen LogP contribution in [0.5, 0.6) is 0 Å². The fourth-order valence-corrected chi connectivity index (χ4v) is 10.7. The van der Waals surface area contributed by atoms with Crippen LogP contribution in [0.25, 0.3) is 0 Å². The average Bonchev–Trinajstić information content (AvgIpc) is 3.17. The molecule has 0 aromatic carbocycles. The number of hydrogen-bond donors (Lipinski definition) is 1. The molecule has 0 amide bonds. The summed E-state index contributed by atoms with van der Waals surface area (Å²) in [7, 11) is 0. The van der Waals surface area contributed by atoms with Crippen LogP contribution < -0.4 is 0 Å². The topological polar surface area (TPSA) is 20.2 Å². The van der Waals surface area contributed by atoms with E-state index in [1.807, 2.05) is 34.0 Å². The standard InChI is InChI=1S/C18H16OS3Se/c1-8-5-11-14(20-8)18(23-19)15-12(6-9(2)21-15)17(11,4)13-7-10(3)22-16(13)18/h5-7,19H,1-4H3. The molecule has 3 aromatic rings. The van der Waals surface area contributed by atoms with Gasteiger partial charge in [-0.1, -0.05) is 0 Å². The van der Waals surface area contributed by atoms with E-state index in [9.17, 15) is 4.19 Å². The van der Waals surface area contributed by atoms with Crippen LogP contribution in [-0.2, 0) is 9.73 Å². The van der Waals surface area contributed by atoms with Gasteiger partial charge in [-0.05, 0) is 0 Å². The van der Waals surface area contributed by atoms with Gasteiger partial charge in [0.1, 0.15) is 0 Å². The van der Waals surface area contributed by atoms with Gasteiger partial charge in [-0.3, -0.25) is 0 Å². The van der Waals surface area contributed by atoms with Crippen molar-refractivity contribution in [1.82, 2.24) is 0 Å². The Labute approximate surface area is 154 Å². The second kappa shape index (κ2) is 4.40. The SMILES string of the molecule is Cc1cc2c(s1)C1([Se]O)c3sc(C)cc3C2(C)c2cc(C)sc21. The molecule has 5 heteroatoms. The van der Waals surface area contributed by atoms with E-state index in [-0.39, 0.29) is 9.73 Å². The molecule has 3 aromatic heterocycles. The Balaban J connectivity index is 2.03. The van der Waals surface area contributed by atoms with Crippen molar-refractivity contribution in [2.24, 2.45) is 0 Å². The molecule has 3 aliphatic carbocycles. The van der Waals surface area contributed by atoms with Crippen LogP contribution in [0, 0.1) is 20.8 Å². The Hall–Kier alpha value is -0.421. The van der Waals surface area contributed by atoms with Crippen molar-refractivity contribution in [3.63, 3.8) is 0 Å². The predicted molar refractivity (Wildman–Crippen MR) is 101 cm³/mol. The van der Waals surface area contributed by atoms with Crippen LogP contribution in [0.4, 0.5) is 0 Å². The van der Waals surface area contributed by atoms with E-state index in [0.29, 0.717) is 0 Å². The van der Waals surface area contributed by atoms with Crippen molar-refractivity contribution in [1.29, 1.82) is 0 Å². The van der Waals surface area contributed by atoms with Crippen LogP contribution in [-0.4, -0.2) is 19.5 Å². The molecule has 118 valence electrons. The van der Waals surface area contributed by atoms with E-state index in [4.69, 9.17) is 0 Å². The Kier molecular flexibility index (Phi) is 2.85. The molecular weight excluding hydrogens is 407 g/mol. The minimum atomic E-state index is -0.487. The molecule has 0 fully saturated rings. The third-order valence-corrected chi connectivity index (χ3v) is 11.5. The third-order valence-electron chi connectivity index (χ3n) is 5.28. The van der Waals surface area contributed by atoms with Crippen molar-refractivity contribution in [2.45, 2.75) is 37.4 Å². The van der Waals surface area contributed by atoms with Gasteiger partial charge in [-0.25, -0.2) is 0 Å². The fraction of sp³-hybridized carbons (Fsp3) is 0.333. The Bertz CT molecular complexity index is 854. The summed E-state index contributed by atoms with van der Waals surface area (Å²) in [5, 5.41) is 0. The molecule has 0 unspecified atom stereocenters. The summed E-state index contributed by atoms with van der Waals surface area (Å²) in [5.74, 6) is 0. The zero-order chi connectivity index (χ0) is 16.1. The fourth-order valence-electron chi connectivity index (χ4n) is 4.31. The molecule has 0 radical (unpaired) electrons. The predicted octanol–water partition coefficient (Wildman–Crippen LogP) is 4.68. The van der Waals surface area contributed by atoms with Gasteiger partial charge >= 0.3 is 155 Å². The van der Waals surface area contributed by atoms with E-state index in [2.05, 4.69) is 45.9 Å². The number of thiophene rings is 3. The molecule has 0 aliphatic heterocycles. The summed E-state index contributed by atoms with van der Waals surface area (Å²) in [6, 6.07) is 7.10. The summed E-state index contributed by atoms with van der Waals surface area (Å²) in [6.07, 6.45) is 0. The van der Waals surface area contributed by atoms with Gasteiger partial charge < -0.3 is 0 Å². The van der Waals surface area contributed by atoms with Gasteiger partial charge in [0, 0.05) is 0 Å². The molecule has 0 atom stereocenters. The maximum absolute atomic E-state index is 10.7. The first kappa shape index (κ1) is 14.9. The van der Waals surface area contributed by atoms with Gasteiger partial charge in [0.05, 0.1) is 0 Å². The van der Waals surface area contributed by atoms with E-state index in [1.165, 1.54) is 46.0 Å². The van der Waals surface area contributed by atoms with Crippen molar-refractivity contribution in [3.05, 3.63) is 64.2 Å². The molecule has 0 spiro atoms. The Morgan fingerprint density at radius 3 is 1.43 bits per heavy atom. The van der Waals surface area contributed by atoms with Crippen molar-refractivity contribution >= 4 is 49.3 Å². The van der Waals surface area contributed by atoms with Gasteiger partial charge in [-0.2, -0.15) is 0 Å². The second-order valence-electron chi connectivity index (χ2n) is 6.70. The van der Waals surface area contributed by atoms with Crippen LogP contribution in [0.1, 0.15) is 52.9 Å². The quantitative estimate of drug-likeness (QED) is 0.564. The maximum atomic E-state index is 10.7. The van der Waals surface area contributed by atoms with E-state index >= 15 is 0 Å². The van der Waals surface area contributed by atoms with Crippen LogP contribution in [0.3, 0.4) is 0 Å². The summed E-state index contributed by atoms with van der Waals surface area (Å²) in [4.78, 5) is 8.28. The first-order valence-electron chi connectivity index (χ1n) is 7.59. The van der Waals surface area contributed by atoms with Crippen molar-refractivity contribution in [3.8, 4) is 0 Å². The van der Waals surface area contributed by atoms with E-state index in [0.717, 1.165) is 0 Å². The number of aryl methyl sites for hydroxylation is 3. The molecule has 1 N–H and O–H groups in total. The third kappa shape index (κ3) is 1.49. The molecule has 0 saturated carbocycles. The molecule has 2 bridgehead atoms. The molecular formula is C18H16OS3Se. The van der Waals surface area contributed by atoms with Gasteiger partial charge in [-0.15, -0.1) is 0 Å². The minimum absolute atomic E-state index is 0.0483. The molecule has 6 rings (SSSR count). The van der Waals surface area contributed by atoms with Gasteiger partial charge in [0.25, 0.3) is 0 Å². The Morgan fingerprint density at radius 1 is 0.783 bits per heavy atom. The van der Waals surface area contributed by atoms with Crippen molar-refractivity contribution in [2.75, 3.05) is 0 Å². The molecule has 3 heterocycles. The first-order valence-corrected chi connectivity index (χ1v) is 11.7. The summed E-state index contributed by atoms with van der Waals surface area (Å²) in [5.41, 5.74) is 4.26. The molecule has 23 heavy (non-hydrogen) atoms. The molecule has 0 saturated heterocycles. The molecule has 1 nitrogen and oxygen atoms in total.